The third-order valence-electron chi connectivity index (χ3n) is 6.02. The molecule has 8 nitrogen and oxygen atoms in total. The van der Waals surface area contributed by atoms with E-state index in [1.165, 1.54) is 6.39 Å². The monoisotopic (exact) mass is 491 g/mol. The van der Waals surface area contributed by atoms with Crippen LogP contribution >= 0.6 is 0 Å². The predicted octanol–water partition coefficient (Wildman–Crippen LogP) is 4.31. The minimum Gasteiger partial charge on any atom is -0.494 e. The fourth-order valence-electron chi connectivity index (χ4n) is 4.22. The maximum atomic E-state index is 13.4. The lowest BCUT2D eigenvalue weighted by Gasteiger charge is -2.24. The Labute approximate surface area is 211 Å². The van der Waals surface area contributed by atoms with Gasteiger partial charge < -0.3 is 24.1 Å². The van der Waals surface area contributed by atoms with E-state index in [-0.39, 0.29) is 17.9 Å². The van der Waals surface area contributed by atoms with Crippen LogP contribution in [-0.4, -0.2) is 53.6 Å². The van der Waals surface area contributed by atoms with Crippen molar-refractivity contribution in [1.29, 1.82) is 0 Å². The highest BCUT2D eigenvalue weighted by molar-refractivity contribution is 5.98. The van der Waals surface area contributed by atoms with Crippen LogP contribution in [0.15, 0.2) is 65.5 Å². The number of nitrogens with one attached hydrogen (secondary N) is 1. The lowest BCUT2D eigenvalue weighted by atomic mass is 10.1. The molecule has 0 saturated carbocycles. The second-order valence-corrected chi connectivity index (χ2v) is 9.30. The highest BCUT2D eigenvalue weighted by Crippen LogP contribution is 2.25. The number of likely N-dealkylation sites (tertiary alicyclic amines) is 1. The van der Waals surface area contributed by atoms with Crippen molar-refractivity contribution in [2.45, 2.75) is 45.9 Å². The topological polar surface area (TPSA) is 93.9 Å². The van der Waals surface area contributed by atoms with Crippen molar-refractivity contribution in [3.05, 3.63) is 72.2 Å². The van der Waals surface area contributed by atoms with Crippen molar-refractivity contribution in [3.63, 3.8) is 0 Å². The summed E-state index contributed by atoms with van der Waals surface area (Å²) in [6.45, 7) is 7.87. The molecule has 8 heteroatoms. The Morgan fingerprint density at radius 1 is 1.19 bits per heavy atom. The largest absolute Gasteiger partial charge is 0.494 e. The Kier molecular flexibility index (Phi) is 8.38. The summed E-state index contributed by atoms with van der Waals surface area (Å²) in [5, 5.41) is 3.00. The zero-order valence-corrected chi connectivity index (χ0v) is 21.0. The molecule has 36 heavy (non-hydrogen) atoms. The molecule has 1 aliphatic rings. The van der Waals surface area contributed by atoms with Gasteiger partial charge in [0.25, 0.3) is 5.91 Å². The Bertz CT molecular complexity index is 1140. The Hall–Kier alpha value is -3.65. The highest BCUT2D eigenvalue weighted by atomic mass is 16.5. The molecular weight excluding hydrogens is 458 g/mol. The van der Waals surface area contributed by atoms with E-state index in [1.807, 2.05) is 37.3 Å². The third-order valence-corrected chi connectivity index (χ3v) is 6.02. The summed E-state index contributed by atoms with van der Waals surface area (Å²) in [6, 6.07) is 14.2. The van der Waals surface area contributed by atoms with Crippen LogP contribution in [-0.2, 0) is 16.1 Å². The molecule has 2 amide bonds. The summed E-state index contributed by atoms with van der Waals surface area (Å²) in [5.74, 6) is 1.28. The molecule has 1 aromatic heterocycles. The first-order chi connectivity index (χ1) is 17.4. The van der Waals surface area contributed by atoms with E-state index >= 15 is 0 Å². The van der Waals surface area contributed by atoms with Crippen LogP contribution in [0.3, 0.4) is 0 Å². The molecule has 2 atom stereocenters. The Balaban J connectivity index is 1.44. The number of rotatable bonds is 10. The summed E-state index contributed by atoms with van der Waals surface area (Å²) in [4.78, 5) is 32.3. The molecular formula is C28H33N3O5. The number of hydrogen-bond donors (Lipinski definition) is 1. The molecule has 2 aromatic carbocycles. The molecule has 1 saturated heterocycles. The first-order valence-electron chi connectivity index (χ1n) is 12.4. The minimum atomic E-state index is -0.612. The van der Waals surface area contributed by atoms with Gasteiger partial charge in [0.15, 0.2) is 12.2 Å². The molecule has 0 spiro atoms. The number of aromatic nitrogens is 1. The summed E-state index contributed by atoms with van der Waals surface area (Å²) >= 11 is 0. The van der Waals surface area contributed by atoms with Gasteiger partial charge in [-0.3, -0.25) is 9.59 Å². The van der Waals surface area contributed by atoms with Crippen molar-refractivity contribution in [2.75, 3.05) is 19.8 Å². The van der Waals surface area contributed by atoms with Gasteiger partial charge in [0.05, 0.1) is 18.9 Å². The van der Waals surface area contributed by atoms with Gasteiger partial charge in [0, 0.05) is 37.2 Å². The van der Waals surface area contributed by atoms with Crippen LogP contribution < -0.4 is 10.1 Å². The van der Waals surface area contributed by atoms with E-state index in [2.05, 4.69) is 24.1 Å². The number of ether oxygens (including phenoxy) is 2. The van der Waals surface area contributed by atoms with Crippen molar-refractivity contribution in [3.8, 4) is 17.1 Å². The van der Waals surface area contributed by atoms with E-state index in [1.54, 1.807) is 29.3 Å². The summed E-state index contributed by atoms with van der Waals surface area (Å²) < 4.78 is 16.9. The van der Waals surface area contributed by atoms with Crippen molar-refractivity contribution < 1.29 is 23.5 Å². The normalized spacial score (nSPS) is 17.4. The average molecular weight is 492 g/mol. The maximum absolute atomic E-state index is 13.4. The van der Waals surface area contributed by atoms with E-state index < -0.39 is 6.04 Å². The van der Waals surface area contributed by atoms with E-state index in [9.17, 15) is 9.59 Å². The fourth-order valence-corrected chi connectivity index (χ4v) is 4.22. The van der Waals surface area contributed by atoms with Gasteiger partial charge in [-0.1, -0.05) is 44.2 Å². The number of nitrogens with zero attached hydrogens (tertiary/aromatic N) is 2. The van der Waals surface area contributed by atoms with Crippen molar-refractivity contribution in [1.82, 2.24) is 15.2 Å². The average Bonchev–Trinajstić information content (AvgIpc) is 3.57. The van der Waals surface area contributed by atoms with E-state index in [4.69, 9.17) is 13.9 Å². The second-order valence-electron chi connectivity index (χ2n) is 9.30. The highest BCUT2D eigenvalue weighted by Gasteiger charge is 2.40. The molecule has 2 heterocycles. The van der Waals surface area contributed by atoms with Crippen molar-refractivity contribution in [2.24, 2.45) is 5.92 Å². The van der Waals surface area contributed by atoms with Crippen LogP contribution in [0, 0.1) is 5.92 Å². The standard InChI is InChI=1S/C28H33N3O5/c1-4-34-23-7-5-6-22(12-23)28(33)31-16-24(35-17-19(2)3)13-25(31)27(32)30-14-20-8-10-21(11-9-20)26-15-29-18-36-26/h5-12,15,18-19,24-25H,4,13-14,16-17H2,1-3H3,(H,30,32)/t24-,25+/m1/s1. The number of oxazole rings is 1. The lowest BCUT2D eigenvalue weighted by molar-refractivity contribution is -0.125. The second kappa shape index (κ2) is 11.9. The smallest absolute Gasteiger partial charge is 0.254 e. The molecule has 190 valence electrons. The lowest BCUT2D eigenvalue weighted by Crippen LogP contribution is -2.45. The van der Waals surface area contributed by atoms with Gasteiger partial charge in [-0.25, -0.2) is 4.98 Å². The maximum Gasteiger partial charge on any atom is 0.254 e. The summed E-state index contributed by atoms with van der Waals surface area (Å²) in [6.07, 6.45) is 3.32. The first kappa shape index (κ1) is 25.4. The SMILES string of the molecule is CCOc1cccc(C(=O)N2C[C@H](OCC(C)C)C[C@H]2C(=O)NCc2ccc(-c3cnco3)cc2)c1. The zero-order chi connectivity index (χ0) is 25.5. The van der Waals surface area contributed by atoms with E-state index in [0.29, 0.717) is 55.7 Å². The van der Waals surface area contributed by atoms with Gasteiger partial charge in [0.2, 0.25) is 5.91 Å². The van der Waals surface area contributed by atoms with Gasteiger partial charge in [-0.2, -0.15) is 0 Å². The molecule has 0 unspecified atom stereocenters. The Morgan fingerprint density at radius 3 is 2.69 bits per heavy atom. The minimum absolute atomic E-state index is 0.191. The fraction of sp³-hybridized carbons (Fsp3) is 0.393. The number of carbonyl (C=O) groups excluding carboxylic acids is 2. The van der Waals surface area contributed by atoms with E-state index in [0.717, 1.165) is 11.1 Å². The summed E-state index contributed by atoms with van der Waals surface area (Å²) in [5.41, 5.74) is 2.35. The van der Waals surface area contributed by atoms with Crippen LogP contribution in [0.5, 0.6) is 5.75 Å². The number of hydrogen-bond acceptors (Lipinski definition) is 6. The molecule has 4 rings (SSSR count). The van der Waals surface area contributed by atoms with Gasteiger partial charge in [-0.05, 0) is 36.6 Å². The Morgan fingerprint density at radius 2 is 2.00 bits per heavy atom. The van der Waals surface area contributed by atoms with Crippen LogP contribution in [0.4, 0.5) is 0 Å². The molecule has 1 aliphatic heterocycles. The first-order valence-corrected chi connectivity index (χ1v) is 12.4. The van der Waals surface area contributed by atoms with Gasteiger partial charge in [0.1, 0.15) is 11.8 Å². The van der Waals surface area contributed by atoms with Gasteiger partial charge in [-0.15, -0.1) is 0 Å². The van der Waals surface area contributed by atoms with Crippen LogP contribution in [0.25, 0.3) is 11.3 Å². The third kappa shape index (κ3) is 6.31. The van der Waals surface area contributed by atoms with Gasteiger partial charge >= 0.3 is 0 Å². The molecule has 0 bridgehead atoms. The predicted molar refractivity (Wildman–Crippen MR) is 135 cm³/mol. The molecule has 1 N–H and O–H groups in total. The molecule has 0 aliphatic carbocycles. The number of benzene rings is 2. The molecule has 3 aromatic rings. The number of carbonyl (C=O) groups is 2. The van der Waals surface area contributed by atoms with Crippen molar-refractivity contribution >= 4 is 11.8 Å². The quantitative estimate of drug-likeness (QED) is 0.454. The number of amides is 2. The molecule has 1 fully saturated rings. The summed E-state index contributed by atoms with van der Waals surface area (Å²) in [7, 11) is 0. The zero-order valence-electron chi connectivity index (χ0n) is 21.0. The van der Waals surface area contributed by atoms with Crippen LogP contribution in [0.2, 0.25) is 0 Å². The van der Waals surface area contributed by atoms with Crippen LogP contribution in [0.1, 0.15) is 43.1 Å². The molecule has 0 radical (unpaired) electrons.